The lowest BCUT2D eigenvalue weighted by Crippen LogP contribution is -2.03. The second-order valence-electron chi connectivity index (χ2n) is 3.59. The quantitative estimate of drug-likeness (QED) is 0.876. The molecule has 3 N–H and O–H groups in total. The van der Waals surface area contributed by atoms with Gasteiger partial charge in [-0.1, -0.05) is 23.7 Å². The summed E-state index contributed by atoms with van der Waals surface area (Å²) in [6.07, 6.45) is 0.682. The van der Waals surface area contributed by atoms with Crippen LogP contribution in [0.4, 0.5) is 0 Å². The minimum Gasteiger partial charge on any atom is -0.496 e. The summed E-state index contributed by atoms with van der Waals surface area (Å²) >= 11 is 6.03. The van der Waals surface area contributed by atoms with E-state index in [1.54, 1.807) is 7.11 Å². The average molecular weight is 252 g/mol. The van der Waals surface area contributed by atoms with Crippen molar-refractivity contribution in [1.29, 1.82) is 0 Å². The van der Waals surface area contributed by atoms with E-state index in [-0.39, 0.29) is 0 Å². The van der Waals surface area contributed by atoms with Crippen LogP contribution in [0.2, 0.25) is 5.15 Å². The normalized spacial score (nSPS) is 10.5. The fourth-order valence-electron chi connectivity index (χ4n) is 1.67. The largest absolute Gasteiger partial charge is 0.496 e. The molecule has 1 heterocycles. The Hall–Kier alpha value is -1.52. The third kappa shape index (κ3) is 2.43. The Balaban J connectivity index is 2.42. The van der Waals surface area contributed by atoms with Crippen molar-refractivity contribution in [2.75, 3.05) is 13.7 Å². The molecule has 0 amide bonds. The second kappa shape index (κ2) is 5.21. The van der Waals surface area contributed by atoms with E-state index < -0.39 is 0 Å². The smallest absolute Gasteiger partial charge is 0.150 e. The number of rotatable bonds is 4. The number of para-hydroxylation sites is 1. The van der Waals surface area contributed by atoms with Crippen LogP contribution in [-0.2, 0) is 6.42 Å². The van der Waals surface area contributed by atoms with Crippen molar-refractivity contribution in [1.82, 2.24) is 9.97 Å². The van der Waals surface area contributed by atoms with Crippen LogP contribution >= 0.6 is 11.6 Å². The van der Waals surface area contributed by atoms with Crippen molar-refractivity contribution in [3.63, 3.8) is 0 Å². The Morgan fingerprint density at radius 3 is 2.88 bits per heavy atom. The first-order valence-electron chi connectivity index (χ1n) is 5.34. The van der Waals surface area contributed by atoms with Crippen molar-refractivity contribution in [3.05, 3.63) is 35.1 Å². The van der Waals surface area contributed by atoms with Gasteiger partial charge in [-0.15, -0.1) is 0 Å². The topological polar surface area (TPSA) is 63.9 Å². The highest BCUT2D eigenvalue weighted by Crippen LogP contribution is 2.29. The Morgan fingerprint density at radius 1 is 1.41 bits per heavy atom. The van der Waals surface area contributed by atoms with Crippen LogP contribution in [0.1, 0.15) is 5.69 Å². The first-order valence-corrected chi connectivity index (χ1v) is 5.72. The lowest BCUT2D eigenvalue weighted by Gasteiger charge is -2.04. The van der Waals surface area contributed by atoms with Crippen molar-refractivity contribution in [2.45, 2.75) is 6.42 Å². The van der Waals surface area contributed by atoms with Gasteiger partial charge in [0.1, 0.15) is 11.6 Å². The fraction of sp³-hybridized carbons (Fsp3) is 0.250. The highest BCUT2D eigenvalue weighted by molar-refractivity contribution is 6.30. The molecular weight excluding hydrogens is 238 g/mol. The highest BCUT2D eigenvalue weighted by Gasteiger charge is 2.12. The summed E-state index contributed by atoms with van der Waals surface area (Å²) in [6.45, 7) is 0.535. The molecule has 0 radical (unpaired) electrons. The summed E-state index contributed by atoms with van der Waals surface area (Å²) in [7, 11) is 1.63. The van der Waals surface area contributed by atoms with Gasteiger partial charge < -0.3 is 15.5 Å². The first-order chi connectivity index (χ1) is 8.26. The van der Waals surface area contributed by atoms with Gasteiger partial charge in [-0.2, -0.15) is 0 Å². The van der Waals surface area contributed by atoms with Gasteiger partial charge in [-0.05, 0) is 18.7 Å². The van der Waals surface area contributed by atoms with Gasteiger partial charge >= 0.3 is 0 Å². The molecule has 0 saturated heterocycles. The van der Waals surface area contributed by atoms with Crippen LogP contribution in [-0.4, -0.2) is 23.6 Å². The molecule has 17 heavy (non-hydrogen) atoms. The van der Waals surface area contributed by atoms with Crippen LogP contribution in [0.25, 0.3) is 11.4 Å². The Labute approximate surface area is 105 Å². The summed E-state index contributed by atoms with van der Waals surface area (Å²) in [6, 6.07) is 7.65. The molecule has 2 rings (SSSR count). The molecule has 0 unspecified atom stereocenters. The van der Waals surface area contributed by atoms with Gasteiger partial charge in [0.2, 0.25) is 0 Å². The van der Waals surface area contributed by atoms with E-state index in [0.29, 0.717) is 23.9 Å². The number of hydrogen-bond donors (Lipinski definition) is 2. The van der Waals surface area contributed by atoms with Crippen LogP contribution in [0, 0.1) is 0 Å². The highest BCUT2D eigenvalue weighted by atomic mass is 35.5. The van der Waals surface area contributed by atoms with Crippen LogP contribution in [0.15, 0.2) is 24.3 Å². The van der Waals surface area contributed by atoms with Crippen LogP contribution < -0.4 is 10.5 Å². The third-order valence-corrected chi connectivity index (χ3v) is 2.80. The summed E-state index contributed by atoms with van der Waals surface area (Å²) < 4.78 is 5.28. The molecule has 0 spiro atoms. The first kappa shape index (κ1) is 12.0. The summed E-state index contributed by atoms with van der Waals surface area (Å²) in [4.78, 5) is 7.45. The van der Waals surface area contributed by atoms with E-state index in [2.05, 4.69) is 9.97 Å². The van der Waals surface area contributed by atoms with E-state index in [4.69, 9.17) is 22.1 Å². The zero-order valence-corrected chi connectivity index (χ0v) is 10.3. The van der Waals surface area contributed by atoms with Crippen molar-refractivity contribution in [3.8, 4) is 17.1 Å². The lowest BCUT2D eigenvalue weighted by molar-refractivity contribution is 0.416. The molecule has 0 aliphatic heterocycles. The molecule has 0 aliphatic rings. The number of imidazole rings is 1. The third-order valence-electron chi connectivity index (χ3n) is 2.48. The van der Waals surface area contributed by atoms with Gasteiger partial charge in [0.25, 0.3) is 0 Å². The Bertz CT molecular complexity index is 510. The molecule has 2 aromatic rings. The zero-order chi connectivity index (χ0) is 12.3. The summed E-state index contributed by atoms with van der Waals surface area (Å²) in [5.74, 6) is 1.47. The van der Waals surface area contributed by atoms with Gasteiger partial charge in [0.05, 0.1) is 18.4 Å². The number of nitrogens with zero attached hydrogens (tertiary/aromatic N) is 1. The number of nitrogens with two attached hydrogens (primary N) is 1. The standard InChI is InChI=1S/C12H14ClN3O/c1-17-10-5-3-2-4-8(10)12-15-9(6-7-14)11(13)16-12/h2-5H,6-7,14H2,1H3,(H,15,16). The number of H-pyrrole nitrogens is 1. The van der Waals surface area contributed by atoms with Crippen molar-refractivity contribution in [2.24, 2.45) is 5.73 Å². The molecule has 90 valence electrons. The van der Waals surface area contributed by atoms with Gasteiger partial charge in [-0.25, -0.2) is 4.98 Å². The van der Waals surface area contributed by atoms with Crippen molar-refractivity contribution < 1.29 is 4.74 Å². The molecule has 0 aliphatic carbocycles. The molecule has 4 nitrogen and oxygen atoms in total. The molecule has 5 heteroatoms. The number of hydrogen-bond acceptors (Lipinski definition) is 3. The summed E-state index contributed by atoms with van der Waals surface area (Å²) in [5, 5.41) is 0.469. The monoisotopic (exact) mass is 251 g/mol. The average Bonchev–Trinajstić information content (AvgIpc) is 2.71. The van der Waals surface area contributed by atoms with Gasteiger partial charge in [0.15, 0.2) is 5.15 Å². The maximum Gasteiger partial charge on any atom is 0.150 e. The van der Waals surface area contributed by atoms with E-state index in [1.165, 1.54) is 0 Å². The van der Waals surface area contributed by atoms with E-state index in [9.17, 15) is 0 Å². The van der Waals surface area contributed by atoms with Crippen LogP contribution in [0.3, 0.4) is 0 Å². The molecule has 0 saturated carbocycles. The molecule has 0 atom stereocenters. The van der Waals surface area contributed by atoms with E-state index in [0.717, 1.165) is 17.0 Å². The maximum atomic E-state index is 6.03. The minimum atomic E-state index is 0.469. The fourth-order valence-corrected chi connectivity index (χ4v) is 1.89. The maximum absolute atomic E-state index is 6.03. The summed E-state index contributed by atoms with van der Waals surface area (Å²) in [5.41, 5.74) is 7.25. The number of nitrogens with one attached hydrogen (secondary N) is 1. The Morgan fingerprint density at radius 2 is 2.18 bits per heavy atom. The Kier molecular flexibility index (Phi) is 3.66. The number of ether oxygens (including phenoxy) is 1. The van der Waals surface area contributed by atoms with E-state index in [1.807, 2.05) is 24.3 Å². The minimum absolute atomic E-state index is 0.469. The molecule has 0 bridgehead atoms. The zero-order valence-electron chi connectivity index (χ0n) is 9.53. The second-order valence-corrected chi connectivity index (χ2v) is 3.95. The van der Waals surface area contributed by atoms with Gasteiger partial charge in [-0.3, -0.25) is 0 Å². The lowest BCUT2D eigenvalue weighted by atomic mass is 10.2. The SMILES string of the molecule is COc1ccccc1-c1nc(Cl)c(CCN)[nH]1. The number of benzene rings is 1. The number of aromatic nitrogens is 2. The van der Waals surface area contributed by atoms with Crippen molar-refractivity contribution >= 4 is 11.6 Å². The van der Waals surface area contributed by atoms with E-state index >= 15 is 0 Å². The number of aromatic amines is 1. The van der Waals surface area contributed by atoms with Gasteiger partial charge in [0, 0.05) is 6.42 Å². The molecular formula is C12H14ClN3O. The van der Waals surface area contributed by atoms with Crippen LogP contribution in [0.5, 0.6) is 5.75 Å². The number of methoxy groups -OCH3 is 1. The predicted octanol–water partition coefficient (Wildman–Crippen LogP) is 2.24. The predicted molar refractivity (Wildman–Crippen MR) is 68.3 cm³/mol. The molecule has 1 aromatic heterocycles. The number of halogens is 1. The molecule has 1 aromatic carbocycles. The molecule has 0 fully saturated rings.